The minimum Gasteiger partial charge on any atom is -0.456 e. The monoisotopic (exact) mass is 282 g/mol. The lowest BCUT2D eigenvalue weighted by atomic mass is 10.00. The van der Waals surface area contributed by atoms with Crippen molar-refractivity contribution >= 4 is 43.5 Å². The van der Waals surface area contributed by atoms with Gasteiger partial charge in [0.15, 0.2) is 0 Å². The van der Waals surface area contributed by atoms with Crippen LogP contribution in [0.3, 0.4) is 0 Å². The molecule has 0 fully saturated rings. The van der Waals surface area contributed by atoms with E-state index >= 15 is 0 Å². The highest BCUT2D eigenvalue weighted by Gasteiger charge is 2.09. The van der Waals surface area contributed by atoms with Gasteiger partial charge in [-0.15, -0.1) is 0 Å². The van der Waals surface area contributed by atoms with Gasteiger partial charge in [-0.3, -0.25) is 0 Å². The normalized spacial score (nSPS) is 11.9. The maximum absolute atomic E-state index is 6.09. The van der Waals surface area contributed by atoms with Crippen LogP contribution in [0.5, 0.6) is 0 Å². The van der Waals surface area contributed by atoms with E-state index < -0.39 is 0 Å². The molecular weight excluding hydrogens is 268 g/mol. The summed E-state index contributed by atoms with van der Waals surface area (Å²) in [4.78, 5) is 0. The minimum absolute atomic E-state index is 0.962. The second-order valence-corrected chi connectivity index (χ2v) is 5.96. The van der Waals surface area contributed by atoms with Crippen LogP contribution in [0, 0.1) is 6.92 Å². The quantitative estimate of drug-likeness (QED) is 0.308. The maximum Gasteiger partial charge on any atom is 0.136 e. The zero-order chi connectivity index (χ0) is 14.7. The zero-order valence-electron chi connectivity index (χ0n) is 12.3. The molecule has 104 valence electrons. The molecule has 0 amide bonds. The van der Waals surface area contributed by atoms with Gasteiger partial charge in [-0.1, -0.05) is 48.5 Å². The molecule has 0 atom stereocenters. The Bertz CT molecular complexity index is 1180. The minimum atomic E-state index is 0.962. The average Bonchev–Trinajstić information content (AvgIpc) is 2.89. The molecule has 0 bridgehead atoms. The van der Waals surface area contributed by atoms with Gasteiger partial charge in [0.2, 0.25) is 0 Å². The molecule has 5 rings (SSSR count). The third kappa shape index (κ3) is 1.54. The lowest BCUT2D eigenvalue weighted by molar-refractivity contribution is 0.669. The highest BCUT2D eigenvalue weighted by molar-refractivity contribution is 6.16. The Balaban J connectivity index is 2.00. The van der Waals surface area contributed by atoms with Gasteiger partial charge >= 0.3 is 0 Å². The van der Waals surface area contributed by atoms with Crippen molar-refractivity contribution in [2.24, 2.45) is 0 Å². The van der Waals surface area contributed by atoms with E-state index in [2.05, 4.69) is 73.7 Å². The van der Waals surface area contributed by atoms with Crippen molar-refractivity contribution in [1.29, 1.82) is 0 Å². The second-order valence-electron chi connectivity index (χ2n) is 5.96. The fourth-order valence-corrected chi connectivity index (χ4v) is 3.38. The van der Waals surface area contributed by atoms with Gasteiger partial charge in [-0.2, -0.15) is 0 Å². The molecule has 0 aliphatic carbocycles. The molecule has 1 aromatic heterocycles. The molecule has 0 spiro atoms. The van der Waals surface area contributed by atoms with Crippen LogP contribution >= 0.6 is 0 Å². The number of furan rings is 1. The van der Waals surface area contributed by atoms with Crippen LogP contribution in [-0.4, -0.2) is 0 Å². The topological polar surface area (TPSA) is 13.1 Å². The summed E-state index contributed by atoms with van der Waals surface area (Å²) in [6.45, 7) is 2.09. The van der Waals surface area contributed by atoms with Crippen molar-refractivity contribution < 1.29 is 4.42 Å². The van der Waals surface area contributed by atoms with Gasteiger partial charge in [0.05, 0.1) is 0 Å². The molecule has 1 heterocycles. The number of rotatable bonds is 0. The number of hydrogen-bond acceptors (Lipinski definition) is 1. The van der Waals surface area contributed by atoms with Gasteiger partial charge in [0, 0.05) is 10.8 Å². The van der Waals surface area contributed by atoms with Crippen molar-refractivity contribution in [3.63, 3.8) is 0 Å². The molecule has 0 saturated carbocycles. The molecule has 0 N–H and O–H groups in total. The first-order chi connectivity index (χ1) is 10.8. The first kappa shape index (κ1) is 11.8. The number of fused-ring (bicyclic) bond motifs is 6. The van der Waals surface area contributed by atoms with Crippen LogP contribution in [0.1, 0.15) is 5.56 Å². The highest BCUT2D eigenvalue weighted by atomic mass is 16.3. The van der Waals surface area contributed by atoms with Crippen molar-refractivity contribution in [2.75, 3.05) is 0 Å². The van der Waals surface area contributed by atoms with E-state index in [4.69, 9.17) is 4.42 Å². The molecule has 1 heteroatoms. The zero-order valence-corrected chi connectivity index (χ0v) is 12.3. The van der Waals surface area contributed by atoms with Crippen LogP contribution in [0.15, 0.2) is 71.1 Å². The van der Waals surface area contributed by atoms with Crippen LogP contribution in [0.25, 0.3) is 43.5 Å². The number of benzene rings is 4. The Kier molecular flexibility index (Phi) is 2.21. The molecule has 0 unspecified atom stereocenters. The molecule has 0 saturated heterocycles. The van der Waals surface area contributed by atoms with Crippen molar-refractivity contribution in [3.05, 3.63) is 72.3 Å². The fourth-order valence-electron chi connectivity index (χ4n) is 3.38. The van der Waals surface area contributed by atoms with Crippen LogP contribution in [0.4, 0.5) is 0 Å². The van der Waals surface area contributed by atoms with Gasteiger partial charge < -0.3 is 4.42 Å². The summed E-state index contributed by atoms with van der Waals surface area (Å²) in [6.07, 6.45) is 0. The summed E-state index contributed by atoms with van der Waals surface area (Å²) in [5.74, 6) is 0. The Morgan fingerprint density at radius 2 is 1.41 bits per heavy atom. The second kappa shape index (κ2) is 4.11. The van der Waals surface area contributed by atoms with Crippen LogP contribution in [-0.2, 0) is 0 Å². The van der Waals surface area contributed by atoms with E-state index in [1.165, 1.54) is 37.9 Å². The Hall–Kier alpha value is -2.80. The van der Waals surface area contributed by atoms with E-state index in [0.29, 0.717) is 0 Å². The van der Waals surface area contributed by atoms with Crippen molar-refractivity contribution in [2.45, 2.75) is 6.92 Å². The van der Waals surface area contributed by atoms with E-state index in [1.807, 2.05) is 0 Å². The largest absolute Gasteiger partial charge is 0.456 e. The Morgan fingerprint density at radius 3 is 2.36 bits per heavy atom. The lowest BCUT2D eigenvalue weighted by Crippen LogP contribution is -1.77. The first-order valence-corrected chi connectivity index (χ1v) is 7.54. The van der Waals surface area contributed by atoms with Crippen molar-refractivity contribution in [1.82, 2.24) is 0 Å². The summed E-state index contributed by atoms with van der Waals surface area (Å²) < 4.78 is 6.09. The molecule has 0 radical (unpaired) electrons. The summed E-state index contributed by atoms with van der Waals surface area (Å²) in [5.41, 5.74) is 3.15. The van der Waals surface area contributed by atoms with Crippen LogP contribution in [0.2, 0.25) is 0 Å². The standard InChI is InChI=1S/C21H14O/c1-13-6-9-17-19-11-15-8-7-14-4-2-3-5-16(14)18(15)12-21(19)22-20(17)10-13/h2-12H,1H3. The first-order valence-electron chi connectivity index (χ1n) is 7.54. The van der Waals surface area contributed by atoms with Crippen LogP contribution < -0.4 is 0 Å². The fraction of sp³-hybridized carbons (Fsp3) is 0.0476. The summed E-state index contributed by atoms with van der Waals surface area (Å²) >= 11 is 0. The van der Waals surface area contributed by atoms with Gasteiger partial charge in [-0.25, -0.2) is 0 Å². The van der Waals surface area contributed by atoms with Gasteiger partial charge in [-0.05, 0) is 52.2 Å². The Morgan fingerprint density at radius 1 is 0.591 bits per heavy atom. The SMILES string of the molecule is Cc1ccc2c(c1)oc1cc3c(ccc4ccccc43)cc12. The predicted octanol–water partition coefficient (Wildman–Crippen LogP) is 6.20. The molecule has 0 aliphatic heterocycles. The third-order valence-electron chi connectivity index (χ3n) is 4.49. The molecule has 0 aliphatic rings. The number of aryl methyl sites for hydroxylation is 1. The predicted molar refractivity (Wildman–Crippen MR) is 93.5 cm³/mol. The maximum atomic E-state index is 6.09. The van der Waals surface area contributed by atoms with E-state index in [0.717, 1.165) is 11.2 Å². The summed E-state index contributed by atoms with van der Waals surface area (Å²) in [6, 6.07) is 23.7. The van der Waals surface area contributed by atoms with Crippen molar-refractivity contribution in [3.8, 4) is 0 Å². The lowest BCUT2D eigenvalue weighted by Gasteiger charge is -2.03. The molecule has 1 nitrogen and oxygen atoms in total. The molecule has 22 heavy (non-hydrogen) atoms. The van der Waals surface area contributed by atoms with Gasteiger partial charge in [0.1, 0.15) is 11.2 Å². The van der Waals surface area contributed by atoms with Gasteiger partial charge in [0.25, 0.3) is 0 Å². The average molecular weight is 282 g/mol. The Labute approximate surface area is 127 Å². The number of hydrogen-bond donors (Lipinski definition) is 0. The molecule has 5 aromatic rings. The smallest absolute Gasteiger partial charge is 0.136 e. The molecule has 4 aromatic carbocycles. The summed E-state index contributed by atoms with van der Waals surface area (Å²) in [5, 5.41) is 7.43. The highest BCUT2D eigenvalue weighted by Crippen LogP contribution is 2.35. The third-order valence-corrected chi connectivity index (χ3v) is 4.49. The van der Waals surface area contributed by atoms with E-state index in [-0.39, 0.29) is 0 Å². The molecular formula is C21H14O. The summed E-state index contributed by atoms with van der Waals surface area (Å²) in [7, 11) is 0. The van der Waals surface area contributed by atoms with E-state index in [1.54, 1.807) is 0 Å². The van der Waals surface area contributed by atoms with E-state index in [9.17, 15) is 0 Å².